The molecule has 2 rings (SSSR count). The Morgan fingerprint density at radius 3 is 2.44 bits per heavy atom. The normalized spacial score (nSPS) is 23.5. The van der Waals surface area contributed by atoms with E-state index in [1.54, 1.807) is 0 Å². The van der Waals surface area contributed by atoms with Gasteiger partial charge in [0.15, 0.2) is 0 Å². The molecule has 2 aliphatic rings. The fourth-order valence-corrected chi connectivity index (χ4v) is 2.18. The fraction of sp³-hybridized carbons (Fsp3) is 0.923. The van der Waals surface area contributed by atoms with E-state index >= 15 is 0 Å². The average Bonchev–Trinajstić information content (AvgIpc) is 2.95. The van der Waals surface area contributed by atoms with E-state index < -0.39 is 5.60 Å². The molecule has 1 amide bonds. The first kappa shape index (κ1) is 13.6. The van der Waals surface area contributed by atoms with Crippen molar-refractivity contribution < 1.29 is 14.3 Å². The van der Waals surface area contributed by atoms with Crippen molar-refractivity contribution in [3.05, 3.63) is 0 Å². The van der Waals surface area contributed by atoms with Crippen molar-refractivity contribution in [2.75, 3.05) is 32.8 Å². The second-order valence-corrected chi connectivity index (χ2v) is 6.30. The molecule has 1 N–H and O–H groups in total. The van der Waals surface area contributed by atoms with Gasteiger partial charge in [0, 0.05) is 19.6 Å². The van der Waals surface area contributed by atoms with Crippen LogP contribution in [0.4, 0.5) is 4.79 Å². The molecule has 5 heteroatoms. The maximum Gasteiger partial charge on any atom is 0.408 e. The lowest BCUT2D eigenvalue weighted by atomic mass is 10.2. The third-order valence-electron chi connectivity index (χ3n) is 3.25. The zero-order valence-electron chi connectivity index (χ0n) is 11.6. The molecule has 0 aromatic heterocycles. The number of carbonyl (C=O) groups excluding carboxylic acids is 1. The number of ether oxygens (including phenoxy) is 2. The molecule has 1 heterocycles. The highest BCUT2D eigenvalue weighted by atomic mass is 16.6. The number of nitrogens with one attached hydrogen (secondary N) is 1. The Labute approximate surface area is 109 Å². The Balaban J connectivity index is 1.79. The monoisotopic (exact) mass is 256 g/mol. The van der Waals surface area contributed by atoms with E-state index in [0.717, 1.165) is 45.7 Å². The van der Waals surface area contributed by atoms with Crippen LogP contribution in [0.5, 0.6) is 0 Å². The van der Waals surface area contributed by atoms with Crippen molar-refractivity contribution in [3.63, 3.8) is 0 Å². The van der Waals surface area contributed by atoms with E-state index in [2.05, 4.69) is 10.2 Å². The van der Waals surface area contributed by atoms with Crippen LogP contribution >= 0.6 is 0 Å². The standard InChI is InChI=1S/C13H24N2O3/c1-12(2,3)18-11(16)14-13(4-5-13)10-15-6-8-17-9-7-15/h4-10H2,1-3H3,(H,14,16). The molecular formula is C13H24N2O3. The third-order valence-corrected chi connectivity index (χ3v) is 3.25. The molecule has 1 saturated carbocycles. The molecule has 0 bridgehead atoms. The SMILES string of the molecule is CC(C)(C)OC(=O)NC1(CN2CCOCC2)CC1. The summed E-state index contributed by atoms with van der Waals surface area (Å²) >= 11 is 0. The molecule has 2 fully saturated rings. The minimum Gasteiger partial charge on any atom is -0.444 e. The molecule has 0 radical (unpaired) electrons. The molecule has 1 aliphatic carbocycles. The number of hydrogen-bond acceptors (Lipinski definition) is 4. The van der Waals surface area contributed by atoms with Crippen LogP contribution in [0.25, 0.3) is 0 Å². The van der Waals surface area contributed by atoms with Gasteiger partial charge in [-0.15, -0.1) is 0 Å². The summed E-state index contributed by atoms with van der Waals surface area (Å²) < 4.78 is 10.6. The summed E-state index contributed by atoms with van der Waals surface area (Å²) in [4.78, 5) is 14.1. The zero-order valence-corrected chi connectivity index (χ0v) is 11.6. The Morgan fingerprint density at radius 1 is 1.33 bits per heavy atom. The van der Waals surface area contributed by atoms with Crippen molar-refractivity contribution in [1.82, 2.24) is 10.2 Å². The predicted octanol–water partition coefficient (Wildman–Crippen LogP) is 1.38. The molecule has 0 atom stereocenters. The molecule has 0 unspecified atom stereocenters. The number of carbonyl (C=O) groups is 1. The number of rotatable bonds is 3. The smallest absolute Gasteiger partial charge is 0.408 e. The largest absolute Gasteiger partial charge is 0.444 e. The topological polar surface area (TPSA) is 50.8 Å². The first-order valence-electron chi connectivity index (χ1n) is 6.70. The number of hydrogen-bond donors (Lipinski definition) is 1. The number of morpholine rings is 1. The van der Waals surface area contributed by atoms with Gasteiger partial charge >= 0.3 is 6.09 Å². The number of nitrogens with zero attached hydrogens (tertiary/aromatic N) is 1. The fourth-order valence-electron chi connectivity index (χ4n) is 2.18. The second-order valence-electron chi connectivity index (χ2n) is 6.30. The van der Waals surface area contributed by atoms with Gasteiger partial charge in [-0.2, -0.15) is 0 Å². The molecule has 5 nitrogen and oxygen atoms in total. The summed E-state index contributed by atoms with van der Waals surface area (Å²) in [6.45, 7) is 10.1. The first-order valence-corrected chi connectivity index (χ1v) is 6.70. The predicted molar refractivity (Wildman–Crippen MR) is 68.6 cm³/mol. The number of alkyl carbamates (subject to hydrolysis) is 1. The van der Waals surface area contributed by atoms with Crippen LogP contribution in [-0.2, 0) is 9.47 Å². The minimum absolute atomic E-state index is 0.0559. The summed E-state index contributed by atoms with van der Waals surface area (Å²) in [7, 11) is 0. The molecular weight excluding hydrogens is 232 g/mol. The van der Waals surface area contributed by atoms with Crippen LogP contribution < -0.4 is 5.32 Å². The van der Waals surface area contributed by atoms with Crippen LogP contribution in [0.1, 0.15) is 33.6 Å². The van der Waals surface area contributed by atoms with E-state index in [0.29, 0.717) is 0 Å². The van der Waals surface area contributed by atoms with Crippen LogP contribution in [0.3, 0.4) is 0 Å². The van der Waals surface area contributed by atoms with Crippen molar-refractivity contribution in [3.8, 4) is 0 Å². The lowest BCUT2D eigenvalue weighted by Gasteiger charge is -2.31. The summed E-state index contributed by atoms with van der Waals surface area (Å²) in [5, 5.41) is 3.03. The summed E-state index contributed by atoms with van der Waals surface area (Å²) in [5.74, 6) is 0. The van der Waals surface area contributed by atoms with Crippen LogP contribution in [0.15, 0.2) is 0 Å². The van der Waals surface area contributed by atoms with E-state index in [9.17, 15) is 4.79 Å². The Bertz CT molecular complexity index is 302. The highest BCUT2D eigenvalue weighted by molar-refractivity contribution is 5.69. The molecule has 0 aromatic rings. The van der Waals surface area contributed by atoms with Gasteiger partial charge in [0.2, 0.25) is 0 Å². The van der Waals surface area contributed by atoms with Crippen molar-refractivity contribution in [2.45, 2.75) is 44.8 Å². The van der Waals surface area contributed by atoms with Crippen LogP contribution in [-0.4, -0.2) is 55.0 Å². The highest BCUT2D eigenvalue weighted by Gasteiger charge is 2.46. The average molecular weight is 256 g/mol. The van der Waals surface area contributed by atoms with Crippen molar-refractivity contribution in [1.29, 1.82) is 0 Å². The first-order chi connectivity index (χ1) is 8.39. The van der Waals surface area contributed by atoms with E-state index in [1.807, 2.05) is 20.8 Å². The Morgan fingerprint density at radius 2 is 1.94 bits per heavy atom. The van der Waals surface area contributed by atoms with Gasteiger partial charge in [0.05, 0.1) is 18.8 Å². The van der Waals surface area contributed by atoms with E-state index in [1.165, 1.54) is 0 Å². The summed E-state index contributed by atoms with van der Waals surface area (Å²) in [6.07, 6.45) is 1.79. The minimum atomic E-state index is -0.431. The quantitative estimate of drug-likeness (QED) is 0.828. The summed E-state index contributed by atoms with van der Waals surface area (Å²) in [5.41, 5.74) is -0.487. The molecule has 104 valence electrons. The van der Waals surface area contributed by atoms with Gasteiger partial charge in [-0.3, -0.25) is 4.90 Å². The Kier molecular flexibility index (Phi) is 3.82. The Hall–Kier alpha value is -0.810. The van der Waals surface area contributed by atoms with Gasteiger partial charge in [0.25, 0.3) is 0 Å². The molecule has 1 aliphatic heterocycles. The van der Waals surface area contributed by atoms with E-state index in [4.69, 9.17) is 9.47 Å². The number of amides is 1. The van der Waals surface area contributed by atoms with Gasteiger partial charge in [0.1, 0.15) is 5.60 Å². The molecule has 1 saturated heterocycles. The van der Waals surface area contributed by atoms with Crippen LogP contribution in [0, 0.1) is 0 Å². The zero-order chi connectivity index (χ0) is 13.2. The van der Waals surface area contributed by atoms with Gasteiger partial charge in [-0.1, -0.05) is 0 Å². The second kappa shape index (κ2) is 5.05. The maximum atomic E-state index is 11.8. The van der Waals surface area contributed by atoms with Crippen molar-refractivity contribution >= 4 is 6.09 Å². The maximum absolute atomic E-state index is 11.8. The molecule has 18 heavy (non-hydrogen) atoms. The lowest BCUT2D eigenvalue weighted by Crippen LogP contribution is -2.50. The van der Waals surface area contributed by atoms with Crippen LogP contribution in [0.2, 0.25) is 0 Å². The van der Waals surface area contributed by atoms with E-state index in [-0.39, 0.29) is 11.6 Å². The third kappa shape index (κ3) is 4.14. The molecule has 0 spiro atoms. The van der Waals surface area contributed by atoms with Gasteiger partial charge in [-0.05, 0) is 33.6 Å². The highest BCUT2D eigenvalue weighted by Crippen LogP contribution is 2.36. The molecule has 0 aromatic carbocycles. The van der Waals surface area contributed by atoms with Gasteiger partial charge < -0.3 is 14.8 Å². The van der Waals surface area contributed by atoms with Gasteiger partial charge in [-0.25, -0.2) is 4.79 Å². The van der Waals surface area contributed by atoms with Crippen molar-refractivity contribution in [2.24, 2.45) is 0 Å². The lowest BCUT2D eigenvalue weighted by molar-refractivity contribution is 0.0270. The summed E-state index contributed by atoms with van der Waals surface area (Å²) in [6, 6.07) is 0.